The molecule has 3 N–H and O–H groups in total. The van der Waals surface area contributed by atoms with Crippen molar-refractivity contribution in [2.75, 3.05) is 13.7 Å². The van der Waals surface area contributed by atoms with Gasteiger partial charge in [0, 0.05) is 6.54 Å². The molecule has 1 aliphatic carbocycles. The van der Waals surface area contributed by atoms with Crippen LogP contribution in [0.3, 0.4) is 0 Å². The minimum atomic E-state index is -3.86. The largest absolute Gasteiger partial charge is 0.497 e. The predicted molar refractivity (Wildman–Crippen MR) is 87.5 cm³/mol. The Morgan fingerprint density at radius 3 is 2.67 bits per heavy atom. The highest BCUT2D eigenvalue weighted by molar-refractivity contribution is 7.89. The number of sulfonamides is 1. The maximum atomic E-state index is 12.6. The molecule has 0 heterocycles. The number of aliphatic carboxylic acids is 1. The van der Waals surface area contributed by atoms with Crippen LogP contribution in [0.5, 0.6) is 5.75 Å². The number of ether oxygens (including phenoxy) is 1. The number of rotatable bonds is 7. The molecule has 0 spiro atoms. The topological polar surface area (TPSA) is 113 Å². The predicted octanol–water partition coefficient (Wildman–Crippen LogP) is 1.15. The molecule has 0 aromatic heterocycles. The molecule has 0 aliphatic heterocycles. The van der Waals surface area contributed by atoms with Crippen molar-refractivity contribution in [3.05, 3.63) is 23.8 Å². The summed E-state index contributed by atoms with van der Waals surface area (Å²) in [5.41, 5.74) is 0.165. The number of carboxylic acids is 1. The van der Waals surface area contributed by atoms with Crippen LogP contribution in [-0.2, 0) is 21.2 Å². The number of methoxy groups -OCH3 is 1. The van der Waals surface area contributed by atoms with E-state index in [4.69, 9.17) is 9.84 Å². The van der Waals surface area contributed by atoms with Crippen LogP contribution in [0, 0.1) is 5.92 Å². The van der Waals surface area contributed by atoms with E-state index in [2.05, 4.69) is 4.72 Å². The van der Waals surface area contributed by atoms with Crippen LogP contribution in [-0.4, -0.2) is 44.4 Å². The van der Waals surface area contributed by atoms with Gasteiger partial charge >= 0.3 is 5.97 Å². The second-order valence-corrected chi connectivity index (χ2v) is 7.74. The molecular formula is C16H23NO6S. The normalized spacial score (nSPS) is 21.4. The Labute approximate surface area is 141 Å². The van der Waals surface area contributed by atoms with E-state index in [1.54, 1.807) is 0 Å². The summed E-state index contributed by atoms with van der Waals surface area (Å²) < 4.78 is 32.7. The lowest BCUT2D eigenvalue weighted by Gasteiger charge is -2.27. The first-order valence-electron chi connectivity index (χ1n) is 7.90. The summed E-state index contributed by atoms with van der Waals surface area (Å²) in [6.45, 7) is 0.141. The van der Waals surface area contributed by atoms with Gasteiger partial charge in [-0.05, 0) is 42.5 Å². The highest BCUT2D eigenvalue weighted by Gasteiger charge is 2.26. The van der Waals surface area contributed by atoms with Gasteiger partial charge in [-0.2, -0.15) is 0 Å². The molecule has 24 heavy (non-hydrogen) atoms. The molecule has 1 aromatic carbocycles. The van der Waals surface area contributed by atoms with Crippen LogP contribution in [0.2, 0.25) is 0 Å². The zero-order valence-electron chi connectivity index (χ0n) is 13.6. The molecule has 1 aliphatic rings. The molecule has 1 aromatic rings. The number of benzene rings is 1. The summed E-state index contributed by atoms with van der Waals surface area (Å²) in [4.78, 5) is 10.9. The molecule has 0 amide bonds. The summed E-state index contributed by atoms with van der Waals surface area (Å²) in [5, 5.41) is 18.9. The van der Waals surface area contributed by atoms with Crippen LogP contribution in [0.1, 0.15) is 31.2 Å². The Morgan fingerprint density at radius 2 is 2.04 bits per heavy atom. The third-order valence-electron chi connectivity index (χ3n) is 4.30. The van der Waals surface area contributed by atoms with E-state index < -0.39 is 28.5 Å². The summed E-state index contributed by atoms with van der Waals surface area (Å²) in [7, 11) is -2.44. The summed E-state index contributed by atoms with van der Waals surface area (Å²) in [5.74, 6) is -0.843. The number of nitrogens with one attached hydrogen (secondary N) is 1. The van der Waals surface area contributed by atoms with E-state index in [0.29, 0.717) is 12.2 Å². The molecule has 1 saturated carbocycles. The summed E-state index contributed by atoms with van der Waals surface area (Å²) in [6, 6.07) is 4.24. The van der Waals surface area contributed by atoms with Gasteiger partial charge in [-0.15, -0.1) is 0 Å². The van der Waals surface area contributed by atoms with Gasteiger partial charge in [0.2, 0.25) is 10.0 Å². The lowest BCUT2D eigenvalue weighted by atomic mass is 9.87. The van der Waals surface area contributed by atoms with Crippen molar-refractivity contribution in [2.45, 2.75) is 43.1 Å². The minimum Gasteiger partial charge on any atom is -0.497 e. The van der Waals surface area contributed by atoms with Gasteiger partial charge in [-0.1, -0.05) is 12.8 Å². The maximum absolute atomic E-state index is 12.6. The zero-order chi connectivity index (χ0) is 17.7. The molecule has 7 nitrogen and oxygen atoms in total. The molecule has 134 valence electrons. The van der Waals surface area contributed by atoms with Crippen molar-refractivity contribution in [2.24, 2.45) is 5.92 Å². The first-order valence-corrected chi connectivity index (χ1v) is 9.38. The van der Waals surface area contributed by atoms with E-state index in [1.165, 1.54) is 25.3 Å². The van der Waals surface area contributed by atoms with Crippen molar-refractivity contribution >= 4 is 16.0 Å². The van der Waals surface area contributed by atoms with Crippen LogP contribution in [0.25, 0.3) is 0 Å². The van der Waals surface area contributed by atoms with Gasteiger partial charge in [-0.25, -0.2) is 13.1 Å². The monoisotopic (exact) mass is 357 g/mol. The van der Waals surface area contributed by atoms with Crippen LogP contribution < -0.4 is 9.46 Å². The molecule has 0 saturated heterocycles. The summed E-state index contributed by atoms with van der Waals surface area (Å²) >= 11 is 0. The van der Waals surface area contributed by atoms with E-state index in [-0.39, 0.29) is 22.9 Å². The number of carbonyl (C=O) groups is 1. The zero-order valence-corrected chi connectivity index (χ0v) is 14.4. The smallest absolute Gasteiger partial charge is 0.307 e. The number of aliphatic hydroxyl groups excluding tert-OH is 1. The molecule has 2 atom stereocenters. The highest BCUT2D eigenvalue weighted by Crippen LogP contribution is 2.26. The lowest BCUT2D eigenvalue weighted by molar-refractivity contribution is -0.136. The van der Waals surface area contributed by atoms with Gasteiger partial charge in [0.15, 0.2) is 0 Å². The van der Waals surface area contributed by atoms with E-state index in [0.717, 1.165) is 19.3 Å². The molecule has 2 unspecified atom stereocenters. The van der Waals surface area contributed by atoms with Crippen molar-refractivity contribution in [1.82, 2.24) is 4.72 Å². The molecule has 2 rings (SSSR count). The fourth-order valence-electron chi connectivity index (χ4n) is 2.97. The van der Waals surface area contributed by atoms with E-state index in [1.807, 2.05) is 0 Å². The SMILES string of the molecule is COc1ccc(S(=O)(=O)NCC2CCCCC2O)c(CC(=O)O)c1. The van der Waals surface area contributed by atoms with Crippen LogP contribution in [0.4, 0.5) is 0 Å². The van der Waals surface area contributed by atoms with Gasteiger partial charge in [0.25, 0.3) is 0 Å². The van der Waals surface area contributed by atoms with Crippen molar-refractivity contribution < 1.29 is 28.2 Å². The minimum absolute atomic E-state index is 0.0731. The highest BCUT2D eigenvalue weighted by atomic mass is 32.2. The van der Waals surface area contributed by atoms with E-state index in [9.17, 15) is 18.3 Å². The molecular weight excluding hydrogens is 334 g/mol. The Balaban J connectivity index is 2.19. The van der Waals surface area contributed by atoms with Gasteiger partial charge < -0.3 is 14.9 Å². The Morgan fingerprint density at radius 1 is 1.33 bits per heavy atom. The number of hydrogen-bond donors (Lipinski definition) is 3. The average Bonchev–Trinajstić information content (AvgIpc) is 2.53. The summed E-state index contributed by atoms with van der Waals surface area (Å²) in [6.07, 6.45) is 2.45. The van der Waals surface area contributed by atoms with Crippen molar-refractivity contribution in [3.63, 3.8) is 0 Å². The quantitative estimate of drug-likeness (QED) is 0.675. The first-order chi connectivity index (χ1) is 11.3. The van der Waals surface area contributed by atoms with Gasteiger partial charge in [0.05, 0.1) is 24.5 Å². The van der Waals surface area contributed by atoms with Crippen LogP contribution >= 0.6 is 0 Å². The van der Waals surface area contributed by atoms with Gasteiger partial charge in [0.1, 0.15) is 5.75 Å². The molecule has 1 fully saturated rings. The van der Waals surface area contributed by atoms with Crippen LogP contribution in [0.15, 0.2) is 23.1 Å². The average molecular weight is 357 g/mol. The lowest BCUT2D eigenvalue weighted by Crippen LogP contribution is -2.37. The number of hydrogen-bond acceptors (Lipinski definition) is 5. The van der Waals surface area contributed by atoms with Crippen molar-refractivity contribution in [1.29, 1.82) is 0 Å². The third-order valence-corrected chi connectivity index (χ3v) is 5.83. The maximum Gasteiger partial charge on any atom is 0.307 e. The number of carboxylic acid groups (broad SMARTS) is 1. The Kier molecular flexibility index (Phi) is 6.20. The molecule has 0 bridgehead atoms. The molecule has 8 heteroatoms. The number of aliphatic hydroxyl groups is 1. The standard InChI is InChI=1S/C16H23NO6S/c1-23-13-6-7-15(12(8-13)9-16(19)20)24(21,22)17-10-11-4-2-3-5-14(11)18/h6-8,11,14,17-18H,2-5,9-10H2,1H3,(H,19,20). The van der Waals surface area contributed by atoms with E-state index >= 15 is 0 Å². The van der Waals surface area contributed by atoms with Crippen molar-refractivity contribution in [3.8, 4) is 5.75 Å². The van der Waals surface area contributed by atoms with Gasteiger partial charge in [-0.3, -0.25) is 4.79 Å². The second kappa shape index (κ2) is 7.96. The second-order valence-electron chi connectivity index (χ2n) is 6.01. The third kappa shape index (κ3) is 4.68. The molecule has 0 radical (unpaired) electrons. The first kappa shape index (κ1) is 18.7. The fourth-order valence-corrected chi connectivity index (χ4v) is 4.28. The Bertz CT molecular complexity index is 688. The Hall–Kier alpha value is -1.64. The fraction of sp³-hybridized carbons (Fsp3) is 0.562.